The maximum Gasteiger partial charge on any atom is 0.275 e. The van der Waals surface area contributed by atoms with Gasteiger partial charge in [-0.2, -0.15) is 0 Å². The summed E-state index contributed by atoms with van der Waals surface area (Å²) in [5.41, 5.74) is 4.95. The van der Waals surface area contributed by atoms with Crippen LogP contribution in [0.4, 0.5) is 10.1 Å². The molecule has 5 aromatic rings. The number of hydrogen-bond donors (Lipinski definition) is 2. The first-order chi connectivity index (χ1) is 17.0. The Hall–Kier alpha value is -4.52. The van der Waals surface area contributed by atoms with Crippen molar-refractivity contribution < 1.29 is 9.18 Å². The fourth-order valence-corrected chi connectivity index (χ4v) is 4.16. The average molecular weight is 467 g/mol. The Labute approximate surface area is 201 Å². The molecule has 0 saturated heterocycles. The highest BCUT2D eigenvalue weighted by atomic mass is 19.1. The standard InChI is InChI=1S/C28H23FN4O2/c1-2-27(34)32-25-11-12-26(19-7-9-21(29)10-8-19)33(28(25)35)17-18-13-20(15-30-14-18)23-16-31-24-6-4-3-5-22(23)24/h3-16,31H,2,17H2,1H3,(H,32,34). The Morgan fingerprint density at radius 3 is 2.63 bits per heavy atom. The van der Waals surface area contributed by atoms with Crippen LogP contribution in [0.5, 0.6) is 0 Å². The van der Waals surface area contributed by atoms with Crippen LogP contribution in [0.1, 0.15) is 18.9 Å². The van der Waals surface area contributed by atoms with Crippen molar-refractivity contribution in [1.29, 1.82) is 0 Å². The minimum absolute atomic E-state index is 0.198. The molecule has 3 aromatic heterocycles. The summed E-state index contributed by atoms with van der Waals surface area (Å²) in [6.07, 6.45) is 5.72. The highest BCUT2D eigenvalue weighted by Gasteiger charge is 2.14. The van der Waals surface area contributed by atoms with Crippen molar-refractivity contribution in [2.45, 2.75) is 19.9 Å². The molecule has 7 heteroatoms. The number of H-pyrrole nitrogens is 1. The number of amides is 1. The van der Waals surface area contributed by atoms with Gasteiger partial charge in [0.05, 0.1) is 12.2 Å². The van der Waals surface area contributed by atoms with Gasteiger partial charge in [-0.1, -0.05) is 25.1 Å². The van der Waals surface area contributed by atoms with Crippen LogP contribution in [0, 0.1) is 5.82 Å². The molecule has 0 radical (unpaired) electrons. The highest BCUT2D eigenvalue weighted by molar-refractivity contribution is 5.95. The molecule has 3 heterocycles. The molecule has 35 heavy (non-hydrogen) atoms. The number of carbonyl (C=O) groups is 1. The number of nitrogens with zero attached hydrogens (tertiary/aromatic N) is 2. The molecule has 2 aromatic carbocycles. The molecule has 0 aliphatic heterocycles. The number of nitrogens with one attached hydrogen (secondary N) is 2. The number of rotatable bonds is 6. The molecule has 1 amide bonds. The molecule has 0 bridgehead atoms. The number of carbonyl (C=O) groups excluding carboxylic acids is 1. The zero-order valence-electron chi connectivity index (χ0n) is 19.1. The van der Waals surface area contributed by atoms with Crippen LogP contribution in [-0.2, 0) is 11.3 Å². The van der Waals surface area contributed by atoms with Gasteiger partial charge < -0.3 is 14.9 Å². The lowest BCUT2D eigenvalue weighted by Gasteiger charge is -2.16. The first-order valence-corrected chi connectivity index (χ1v) is 11.3. The lowest BCUT2D eigenvalue weighted by Crippen LogP contribution is -2.27. The molecule has 174 valence electrons. The van der Waals surface area contributed by atoms with Crippen LogP contribution in [0.2, 0.25) is 0 Å². The van der Waals surface area contributed by atoms with Gasteiger partial charge in [0.2, 0.25) is 5.91 Å². The number of aromatic nitrogens is 3. The number of para-hydroxylation sites is 1. The van der Waals surface area contributed by atoms with Gasteiger partial charge in [0, 0.05) is 47.0 Å². The molecule has 0 aliphatic carbocycles. The van der Waals surface area contributed by atoms with Crippen LogP contribution in [-0.4, -0.2) is 20.4 Å². The van der Waals surface area contributed by atoms with E-state index in [9.17, 15) is 14.0 Å². The number of benzene rings is 2. The third-order valence-corrected chi connectivity index (χ3v) is 5.95. The summed E-state index contributed by atoms with van der Waals surface area (Å²) in [7, 11) is 0. The van der Waals surface area contributed by atoms with E-state index in [0.717, 1.165) is 27.6 Å². The second kappa shape index (κ2) is 9.38. The van der Waals surface area contributed by atoms with Crippen LogP contribution in [0.25, 0.3) is 33.3 Å². The molecular weight excluding hydrogens is 443 g/mol. The van der Waals surface area contributed by atoms with Crippen molar-refractivity contribution in [3.05, 3.63) is 107 Å². The fraction of sp³-hybridized carbons (Fsp3) is 0.107. The summed E-state index contributed by atoms with van der Waals surface area (Å²) in [6.45, 7) is 1.95. The van der Waals surface area contributed by atoms with E-state index < -0.39 is 0 Å². The largest absolute Gasteiger partial charge is 0.361 e. The van der Waals surface area contributed by atoms with Crippen molar-refractivity contribution >= 4 is 22.5 Å². The summed E-state index contributed by atoms with van der Waals surface area (Å²) < 4.78 is 15.1. The Morgan fingerprint density at radius 2 is 1.83 bits per heavy atom. The second-order valence-corrected chi connectivity index (χ2v) is 8.26. The van der Waals surface area contributed by atoms with Crippen LogP contribution >= 0.6 is 0 Å². The molecule has 0 unspecified atom stereocenters. The lowest BCUT2D eigenvalue weighted by atomic mass is 10.0. The summed E-state index contributed by atoms with van der Waals surface area (Å²) in [5.74, 6) is -0.601. The predicted octanol–water partition coefficient (Wildman–Crippen LogP) is 5.59. The van der Waals surface area contributed by atoms with Crippen LogP contribution in [0.15, 0.2) is 90.1 Å². The van der Waals surface area contributed by atoms with E-state index in [0.29, 0.717) is 11.3 Å². The van der Waals surface area contributed by atoms with E-state index in [1.807, 2.05) is 36.5 Å². The third kappa shape index (κ3) is 4.48. The van der Waals surface area contributed by atoms with Gasteiger partial charge >= 0.3 is 0 Å². The second-order valence-electron chi connectivity index (χ2n) is 8.26. The molecule has 6 nitrogen and oxygen atoms in total. The maximum absolute atomic E-state index is 13.5. The van der Waals surface area contributed by atoms with Crippen LogP contribution in [0.3, 0.4) is 0 Å². The number of pyridine rings is 2. The van der Waals surface area contributed by atoms with Gasteiger partial charge in [0.25, 0.3) is 5.56 Å². The SMILES string of the molecule is CCC(=O)Nc1ccc(-c2ccc(F)cc2)n(Cc2cncc(-c3c[nH]c4ccccc34)c2)c1=O. The number of anilines is 1. The first-order valence-electron chi connectivity index (χ1n) is 11.3. The lowest BCUT2D eigenvalue weighted by molar-refractivity contribution is -0.115. The summed E-state index contributed by atoms with van der Waals surface area (Å²) in [6, 6.07) is 19.4. The number of hydrogen-bond acceptors (Lipinski definition) is 3. The van der Waals surface area contributed by atoms with Gasteiger partial charge in [0.15, 0.2) is 0 Å². The molecule has 0 atom stereocenters. The Balaban J connectivity index is 1.59. The van der Waals surface area contributed by atoms with Crippen molar-refractivity contribution in [2.75, 3.05) is 5.32 Å². The van der Waals surface area contributed by atoms with Crippen molar-refractivity contribution in [3.63, 3.8) is 0 Å². The van der Waals surface area contributed by atoms with E-state index >= 15 is 0 Å². The van der Waals surface area contributed by atoms with E-state index in [1.54, 1.807) is 48.1 Å². The summed E-state index contributed by atoms with van der Waals surface area (Å²) >= 11 is 0. The first kappa shape index (κ1) is 22.3. The molecule has 0 saturated carbocycles. The van der Waals surface area contributed by atoms with E-state index in [4.69, 9.17) is 0 Å². The molecule has 0 spiro atoms. The monoisotopic (exact) mass is 466 g/mol. The number of aromatic amines is 1. The Kier molecular flexibility index (Phi) is 5.97. The van der Waals surface area contributed by atoms with Crippen molar-refractivity contribution in [2.24, 2.45) is 0 Å². The minimum Gasteiger partial charge on any atom is -0.361 e. The molecular formula is C28H23FN4O2. The zero-order chi connectivity index (χ0) is 24.4. The van der Waals surface area contributed by atoms with E-state index in [1.165, 1.54) is 12.1 Å². The summed E-state index contributed by atoms with van der Waals surface area (Å²) in [5, 5.41) is 3.76. The predicted molar refractivity (Wildman–Crippen MR) is 136 cm³/mol. The minimum atomic E-state index is -0.356. The zero-order valence-corrected chi connectivity index (χ0v) is 19.1. The average Bonchev–Trinajstić information content (AvgIpc) is 3.31. The molecule has 0 aliphatic rings. The van der Waals surface area contributed by atoms with Gasteiger partial charge in [-0.05, 0) is 59.7 Å². The summed E-state index contributed by atoms with van der Waals surface area (Å²) in [4.78, 5) is 33.1. The molecule has 2 N–H and O–H groups in total. The molecule has 0 fully saturated rings. The van der Waals surface area contributed by atoms with Gasteiger partial charge in [-0.3, -0.25) is 14.6 Å². The molecule has 5 rings (SSSR count). The van der Waals surface area contributed by atoms with Gasteiger partial charge in [-0.15, -0.1) is 0 Å². The quantitative estimate of drug-likeness (QED) is 0.342. The van der Waals surface area contributed by atoms with Crippen LogP contribution < -0.4 is 10.9 Å². The highest BCUT2D eigenvalue weighted by Crippen LogP contribution is 2.29. The fourth-order valence-electron chi connectivity index (χ4n) is 4.16. The number of fused-ring (bicyclic) bond motifs is 1. The van der Waals surface area contributed by atoms with Gasteiger partial charge in [-0.25, -0.2) is 4.39 Å². The topological polar surface area (TPSA) is 79.8 Å². The normalized spacial score (nSPS) is 11.0. The van der Waals surface area contributed by atoms with E-state index in [2.05, 4.69) is 15.3 Å². The van der Waals surface area contributed by atoms with Crippen molar-refractivity contribution in [1.82, 2.24) is 14.5 Å². The Bertz CT molecular complexity index is 1590. The van der Waals surface area contributed by atoms with Gasteiger partial charge in [0.1, 0.15) is 11.5 Å². The Morgan fingerprint density at radius 1 is 1.03 bits per heavy atom. The van der Waals surface area contributed by atoms with E-state index in [-0.39, 0.29) is 35.9 Å². The smallest absolute Gasteiger partial charge is 0.275 e. The maximum atomic E-state index is 13.5. The number of halogens is 1. The third-order valence-electron chi connectivity index (χ3n) is 5.95. The van der Waals surface area contributed by atoms with Crippen molar-refractivity contribution in [3.8, 4) is 22.4 Å².